The number of carbonyl (C=O) groups excluding carboxylic acids is 2. The van der Waals surface area contributed by atoms with Crippen LogP contribution in [-0.4, -0.2) is 18.4 Å². The molecule has 102 valence electrons. The topological polar surface area (TPSA) is 49.4 Å². The lowest BCUT2D eigenvalue weighted by Crippen LogP contribution is -2.42. The van der Waals surface area contributed by atoms with Gasteiger partial charge in [0.25, 0.3) is 5.91 Å². The SMILES string of the molecule is Cc1cc(C(=O)N2CC(=O)Nc3ccccc32)c(C)s1. The van der Waals surface area contributed by atoms with Crippen molar-refractivity contribution in [3.05, 3.63) is 45.6 Å². The van der Waals surface area contributed by atoms with Gasteiger partial charge in [0.2, 0.25) is 5.91 Å². The maximum atomic E-state index is 12.7. The smallest absolute Gasteiger partial charge is 0.259 e. The number of nitrogens with zero attached hydrogens (tertiary/aromatic N) is 1. The Morgan fingerprint density at radius 2 is 2.05 bits per heavy atom. The molecule has 1 aliphatic rings. The number of para-hydroxylation sites is 2. The highest BCUT2D eigenvalue weighted by atomic mass is 32.1. The maximum Gasteiger partial charge on any atom is 0.259 e. The molecule has 0 saturated heterocycles. The van der Waals surface area contributed by atoms with E-state index in [1.54, 1.807) is 22.3 Å². The van der Waals surface area contributed by atoms with Crippen molar-refractivity contribution in [3.8, 4) is 0 Å². The van der Waals surface area contributed by atoms with Crippen LogP contribution in [0.2, 0.25) is 0 Å². The lowest BCUT2D eigenvalue weighted by Gasteiger charge is -2.29. The van der Waals surface area contributed by atoms with Gasteiger partial charge in [-0.3, -0.25) is 14.5 Å². The molecule has 1 N–H and O–H groups in total. The summed E-state index contributed by atoms with van der Waals surface area (Å²) in [4.78, 5) is 28.1. The molecule has 20 heavy (non-hydrogen) atoms. The van der Waals surface area contributed by atoms with Crippen LogP contribution in [0.5, 0.6) is 0 Å². The van der Waals surface area contributed by atoms with E-state index in [-0.39, 0.29) is 18.4 Å². The van der Waals surface area contributed by atoms with Crippen LogP contribution in [-0.2, 0) is 4.79 Å². The van der Waals surface area contributed by atoms with E-state index in [1.807, 2.05) is 38.1 Å². The number of nitrogens with one attached hydrogen (secondary N) is 1. The third kappa shape index (κ3) is 2.10. The fourth-order valence-corrected chi connectivity index (χ4v) is 3.32. The molecule has 2 amide bonds. The molecular weight excluding hydrogens is 272 g/mol. The summed E-state index contributed by atoms with van der Waals surface area (Å²) in [7, 11) is 0. The number of fused-ring (bicyclic) bond motifs is 1. The largest absolute Gasteiger partial charge is 0.323 e. The number of amides is 2. The molecule has 3 rings (SSSR count). The van der Waals surface area contributed by atoms with E-state index in [1.165, 1.54) is 0 Å². The Hall–Kier alpha value is -2.14. The second-order valence-corrected chi connectivity index (χ2v) is 6.24. The summed E-state index contributed by atoms with van der Waals surface area (Å²) in [6.45, 7) is 3.97. The van der Waals surface area contributed by atoms with E-state index >= 15 is 0 Å². The Morgan fingerprint density at radius 1 is 1.30 bits per heavy atom. The predicted molar refractivity (Wildman–Crippen MR) is 80.5 cm³/mol. The van der Waals surface area contributed by atoms with E-state index in [0.717, 1.165) is 15.4 Å². The van der Waals surface area contributed by atoms with Gasteiger partial charge in [0.05, 0.1) is 16.9 Å². The fourth-order valence-electron chi connectivity index (χ4n) is 2.40. The lowest BCUT2D eigenvalue weighted by molar-refractivity contribution is -0.115. The molecule has 1 aliphatic heterocycles. The van der Waals surface area contributed by atoms with Crippen LogP contribution in [0.3, 0.4) is 0 Å². The van der Waals surface area contributed by atoms with Crippen molar-refractivity contribution in [3.63, 3.8) is 0 Å². The molecule has 4 nitrogen and oxygen atoms in total. The van der Waals surface area contributed by atoms with Gasteiger partial charge in [-0.2, -0.15) is 0 Å². The molecule has 2 heterocycles. The van der Waals surface area contributed by atoms with Crippen LogP contribution in [0.1, 0.15) is 20.1 Å². The second-order valence-electron chi connectivity index (χ2n) is 4.78. The van der Waals surface area contributed by atoms with Crippen molar-refractivity contribution in [2.24, 2.45) is 0 Å². The van der Waals surface area contributed by atoms with E-state index < -0.39 is 0 Å². The zero-order chi connectivity index (χ0) is 14.3. The monoisotopic (exact) mass is 286 g/mol. The molecule has 0 radical (unpaired) electrons. The summed E-state index contributed by atoms with van der Waals surface area (Å²) in [6.07, 6.45) is 0. The van der Waals surface area contributed by atoms with E-state index in [0.29, 0.717) is 11.3 Å². The van der Waals surface area contributed by atoms with Crippen molar-refractivity contribution in [1.82, 2.24) is 0 Å². The second kappa shape index (κ2) is 4.76. The predicted octanol–water partition coefficient (Wildman–Crippen LogP) is 2.96. The minimum Gasteiger partial charge on any atom is -0.323 e. The molecule has 1 aromatic carbocycles. The van der Waals surface area contributed by atoms with Crippen LogP contribution in [0.4, 0.5) is 11.4 Å². The summed E-state index contributed by atoms with van der Waals surface area (Å²) in [5, 5.41) is 2.79. The maximum absolute atomic E-state index is 12.7. The first-order chi connectivity index (χ1) is 9.56. The van der Waals surface area contributed by atoms with Gasteiger partial charge in [0, 0.05) is 9.75 Å². The Labute approximate surface area is 121 Å². The first-order valence-corrected chi connectivity index (χ1v) is 7.15. The number of carbonyl (C=O) groups is 2. The number of aryl methyl sites for hydroxylation is 2. The number of hydrogen-bond donors (Lipinski definition) is 1. The van der Waals surface area contributed by atoms with Gasteiger partial charge in [0.1, 0.15) is 6.54 Å². The molecule has 0 aliphatic carbocycles. The Morgan fingerprint density at radius 3 is 2.75 bits per heavy atom. The van der Waals surface area contributed by atoms with Crippen molar-refractivity contribution in [1.29, 1.82) is 0 Å². The van der Waals surface area contributed by atoms with Gasteiger partial charge < -0.3 is 5.32 Å². The Kier molecular flexibility index (Phi) is 3.06. The fraction of sp³-hybridized carbons (Fsp3) is 0.200. The molecular formula is C15H14N2O2S. The summed E-state index contributed by atoms with van der Waals surface area (Å²) in [6, 6.07) is 9.24. The van der Waals surface area contributed by atoms with Crippen LogP contribution in [0, 0.1) is 13.8 Å². The lowest BCUT2D eigenvalue weighted by atomic mass is 10.1. The summed E-state index contributed by atoms with van der Waals surface area (Å²) in [5.41, 5.74) is 2.11. The average Bonchev–Trinajstić information content (AvgIpc) is 2.76. The summed E-state index contributed by atoms with van der Waals surface area (Å²) >= 11 is 1.60. The van der Waals surface area contributed by atoms with E-state index in [9.17, 15) is 9.59 Å². The summed E-state index contributed by atoms with van der Waals surface area (Å²) < 4.78 is 0. The standard InChI is InChI=1S/C15H14N2O2S/c1-9-7-11(10(2)20-9)15(19)17-8-14(18)16-12-5-3-4-6-13(12)17/h3-7H,8H2,1-2H3,(H,16,18). The van der Waals surface area contributed by atoms with Crippen molar-refractivity contribution in [2.75, 3.05) is 16.8 Å². The zero-order valence-electron chi connectivity index (χ0n) is 11.3. The molecule has 5 heteroatoms. The normalized spacial score (nSPS) is 13.9. The number of thiophene rings is 1. The number of anilines is 2. The van der Waals surface area contributed by atoms with Gasteiger partial charge >= 0.3 is 0 Å². The van der Waals surface area contributed by atoms with Gasteiger partial charge in [-0.1, -0.05) is 12.1 Å². The minimum absolute atomic E-state index is 0.0597. The third-order valence-corrected chi connectivity index (χ3v) is 4.25. The third-order valence-electron chi connectivity index (χ3n) is 3.29. The van der Waals surface area contributed by atoms with Crippen molar-refractivity contribution >= 4 is 34.5 Å². The van der Waals surface area contributed by atoms with Crippen LogP contribution in [0.25, 0.3) is 0 Å². The number of hydrogen-bond acceptors (Lipinski definition) is 3. The van der Waals surface area contributed by atoms with Crippen LogP contribution >= 0.6 is 11.3 Å². The van der Waals surface area contributed by atoms with Gasteiger partial charge in [-0.15, -0.1) is 11.3 Å². The summed E-state index contributed by atoms with van der Waals surface area (Å²) in [5.74, 6) is -0.282. The molecule has 0 spiro atoms. The highest BCUT2D eigenvalue weighted by Crippen LogP contribution is 2.31. The highest BCUT2D eigenvalue weighted by Gasteiger charge is 2.28. The number of rotatable bonds is 1. The van der Waals surface area contributed by atoms with Crippen LogP contribution < -0.4 is 10.2 Å². The molecule has 0 unspecified atom stereocenters. The first kappa shape index (κ1) is 12.9. The molecule has 0 fully saturated rings. The molecule has 0 bridgehead atoms. The Balaban J connectivity index is 2.04. The molecule has 2 aromatic rings. The van der Waals surface area contributed by atoms with Crippen molar-refractivity contribution in [2.45, 2.75) is 13.8 Å². The Bertz CT molecular complexity index is 706. The average molecular weight is 286 g/mol. The van der Waals surface area contributed by atoms with Gasteiger partial charge in [0.15, 0.2) is 0 Å². The zero-order valence-corrected chi connectivity index (χ0v) is 12.1. The van der Waals surface area contributed by atoms with E-state index in [4.69, 9.17) is 0 Å². The van der Waals surface area contributed by atoms with E-state index in [2.05, 4.69) is 5.32 Å². The van der Waals surface area contributed by atoms with Gasteiger partial charge in [-0.25, -0.2) is 0 Å². The van der Waals surface area contributed by atoms with Crippen molar-refractivity contribution < 1.29 is 9.59 Å². The number of benzene rings is 1. The highest BCUT2D eigenvalue weighted by molar-refractivity contribution is 7.12. The quantitative estimate of drug-likeness (QED) is 0.876. The van der Waals surface area contributed by atoms with Gasteiger partial charge in [-0.05, 0) is 32.0 Å². The molecule has 1 aromatic heterocycles. The minimum atomic E-state index is -0.165. The first-order valence-electron chi connectivity index (χ1n) is 6.34. The molecule has 0 atom stereocenters. The molecule has 0 saturated carbocycles. The van der Waals surface area contributed by atoms with Crippen LogP contribution in [0.15, 0.2) is 30.3 Å².